The van der Waals surface area contributed by atoms with Gasteiger partial charge in [0.25, 0.3) is 0 Å². The van der Waals surface area contributed by atoms with Gasteiger partial charge in [0.15, 0.2) is 0 Å². The van der Waals surface area contributed by atoms with Gasteiger partial charge in [-0.25, -0.2) is 8.42 Å². The fourth-order valence-corrected chi connectivity index (χ4v) is 3.54. The molecule has 6 heteroatoms. The van der Waals surface area contributed by atoms with E-state index in [2.05, 4.69) is 5.32 Å². The molecular formula is C15H22N2O3S. The number of hydrogen-bond acceptors (Lipinski definition) is 4. The molecule has 1 aromatic carbocycles. The highest BCUT2D eigenvalue weighted by atomic mass is 32.2. The van der Waals surface area contributed by atoms with Gasteiger partial charge in [-0.3, -0.25) is 0 Å². The van der Waals surface area contributed by atoms with Gasteiger partial charge in [0.1, 0.15) is 5.75 Å². The summed E-state index contributed by atoms with van der Waals surface area (Å²) in [6.07, 6.45) is 5.58. The van der Waals surface area contributed by atoms with Crippen LogP contribution in [0.25, 0.3) is 0 Å². The number of nitrogens with one attached hydrogen (secondary N) is 1. The average Bonchev–Trinajstić information content (AvgIpc) is 2.53. The molecule has 0 unspecified atom stereocenters. The molecule has 0 aliphatic carbocycles. The number of benzene rings is 1. The maximum Gasteiger partial charge on any atom is 0.243 e. The predicted molar refractivity (Wildman–Crippen MR) is 83.0 cm³/mol. The molecule has 1 N–H and O–H groups in total. The predicted octanol–water partition coefficient (Wildman–Crippen LogP) is 1.63. The lowest BCUT2D eigenvalue weighted by Gasteiger charge is -2.22. The van der Waals surface area contributed by atoms with Crippen LogP contribution in [0.5, 0.6) is 5.75 Å². The van der Waals surface area contributed by atoms with Crippen LogP contribution in [0.1, 0.15) is 12.8 Å². The lowest BCUT2D eigenvalue weighted by molar-refractivity contribution is 0.309. The van der Waals surface area contributed by atoms with Crippen LogP contribution in [0.3, 0.4) is 0 Å². The van der Waals surface area contributed by atoms with E-state index in [0.717, 1.165) is 19.4 Å². The maximum absolute atomic E-state index is 12.4. The molecule has 0 saturated heterocycles. The van der Waals surface area contributed by atoms with Gasteiger partial charge in [-0.15, -0.1) is 0 Å². The van der Waals surface area contributed by atoms with Crippen LogP contribution in [0, 0.1) is 0 Å². The molecule has 0 amide bonds. The van der Waals surface area contributed by atoms with Crippen molar-refractivity contribution in [1.29, 1.82) is 0 Å². The normalized spacial score (nSPS) is 16.0. The molecular weight excluding hydrogens is 288 g/mol. The van der Waals surface area contributed by atoms with E-state index in [9.17, 15) is 8.42 Å². The second kappa shape index (κ2) is 7.59. The van der Waals surface area contributed by atoms with Crippen LogP contribution < -0.4 is 10.1 Å². The van der Waals surface area contributed by atoms with E-state index < -0.39 is 10.0 Å². The number of hydrogen-bond donors (Lipinski definition) is 1. The van der Waals surface area contributed by atoms with Crippen molar-refractivity contribution in [1.82, 2.24) is 9.62 Å². The molecule has 0 saturated carbocycles. The Labute approximate surface area is 126 Å². The fourth-order valence-electron chi connectivity index (χ4n) is 2.13. The first-order valence-corrected chi connectivity index (χ1v) is 8.61. The van der Waals surface area contributed by atoms with Crippen molar-refractivity contribution in [3.8, 4) is 5.75 Å². The number of rotatable bonds is 7. The lowest BCUT2D eigenvalue weighted by Crippen LogP contribution is -2.33. The molecule has 5 nitrogen and oxygen atoms in total. The van der Waals surface area contributed by atoms with E-state index in [1.807, 2.05) is 19.2 Å². The van der Waals surface area contributed by atoms with Crippen molar-refractivity contribution < 1.29 is 13.2 Å². The highest BCUT2D eigenvalue weighted by Crippen LogP contribution is 2.21. The van der Waals surface area contributed by atoms with Crippen LogP contribution in [0.4, 0.5) is 0 Å². The minimum absolute atomic E-state index is 0.320. The third-order valence-electron chi connectivity index (χ3n) is 3.32. The molecule has 1 aliphatic heterocycles. The summed E-state index contributed by atoms with van der Waals surface area (Å²) in [5.74, 6) is 0.698. The second-order valence-corrected chi connectivity index (χ2v) is 6.84. The van der Waals surface area contributed by atoms with Crippen LogP contribution in [0.2, 0.25) is 0 Å². The Morgan fingerprint density at radius 2 is 2.00 bits per heavy atom. The summed E-state index contributed by atoms with van der Waals surface area (Å²) >= 11 is 0. The lowest BCUT2D eigenvalue weighted by atomic mass is 10.3. The van der Waals surface area contributed by atoms with Gasteiger partial charge >= 0.3 is 0 Å². The minimum Gasteiger partial charge on any atom is -0.494 e. The van der Waals surface area contributed by atoms with Crippen LogP contribution in [-0.4, -0.2) is 46.0 Å². The molecule has 0 bridgehead atoms. The summed E-state index contributed by atoms with van der Waals surface area (Å²) in [6, 6.07) is 6.65. The molecule has 2 rings (SSSR count). The van der Waals surface area contributed by atoms with E-state index in [1.165, 1.54) is 4.31 Å². The standard InChI is InChI=1S/C15H22N2O3S/c1-16-10-5-13-20-14-6-8-15(9-7-14)21(18,19)17-11-3-2-4-12-17/h2-3,6-9,16H,4-5,10-13H2,1H3. The van der Waals surface area contributed by atoms with Gasteiger partial charge in [-0.2, -0.15) is 4.31 Å². The first-order chi connectivity index (χ1) is 10.1. The van der Waals surface area contributed by atoms with Crippen LogP contribution >= 0.6 is 0 Å². The second-order valence-electron chi connectivity index (χ2n) is 4.90. The van der Waals surface area contributed by atoms with Gasteiger partial charge in [0.05, 0.1) is 11.5 Å². The summed E-state index contributed by atoms with van der Waals surface area (Å²) in [7, 11) is -1.49. The van der Waals surface area contributed by atoms with Gasteiger partial charge in [-0.05, 0) is 50.7 Å². The average molecular weight is 310 g/mol. The molecule has 116 valence electrons. The number of sulfonamides is 1. The first kappa shape index (κ1) is 16.0. The number of ether oxygens (including phenoxy) is 1. The molecule has 21 heavy (non-hydrogen) atoms. The maximum atomic E-state index is 12.4. The molecule has 0 spiro atoms. The Balaban J connectivity index is 1.99. The van der Waals surface area contributed by atoms with Crippen molar-refractivity contribution in [3.05, 3.63) is 36.4 Å². The Morgan fingerprint density at radius 1 is 1.24 bits per heavy atom. The molecule has 0 atom stereocenters. The zero-order valence-corrected chi connectivity index (χ0v) is 13.1. The van der Waals surface area contributed by atoms with Crippen molar-refractivity contribution in [2.24, 2.45) is 0 Å². The van der Waals surface area contributed by atoms with Crippen molar-refractivity contribution >= 4 is 10.0 Å². The fraction of sp³-hybridized carbons (Fsp3) is 0.467. The molecule has 0 fully saturated rings. The van der Waals surface area contributed by atoms with E-state index in [4.69, 9.17) is 4.74 Å². The van der Waals surface area contributed by atoms with E-state index >= 15 is 0 Å². The quantitative estimate of drug-likeness (QED) is 0.614. The molecule has 1 heterocycles. The Bertz CT molecular complexity index is 567. The smallest absolute Gasteiger partial charge is 0.243 e. The zero-order valence-electron chi connectivity index (χ0n) is 12.3. The largest absolute Gasteiger partial charge is 0.494 e. The van der Waals surface area contributed by atoms with Crippen molar-refractivity contribution in [3.63, 3.8) is 0 Å². The highest BCUT2D eigenvalue weighted by molar-refractivity contribution is 7.89. The van der Waals surface area contributed by atoms with Crippen LogP contribution in [-0.2, 0) is 10.0 Å². The van der Waals surface area contributed by atoms with Crippen molar-refractivity contribution in [2.75, 3.05) is 33.3 Å². The molecule has 1 aliphatic rings. The van der Waals surface area contributed by atoms with Crippen molar-refractivity contribution in [2.45, 2.75) is 17.7 Å². The summed E-state index contributed by atoms with van der Waals surface area (Å²) in [4.78, 5) is 0.320. The van der Waals surface area contributed by atoms with E-state index in [-0.39, 0.29) is 0 Å². The summed E-state index contributed by atoms with van der Waals surface area (Å²) < 4.78 is 31.9. The summed E-state index contributed by atoms with van der Waals surface area (Å²) in [5.41, 5.74) is 0. The SMILES string of the molecule is CNCCCOc1ccc(S(=O)(=O)N2CC=CCC2)cc1. The Hall–Kier alpha value is -1.37. The third kappa shape index (κ3) is 4.30. The third-order valence-corrected chi connectivity index (χ3v) is 5.20. The van der Waals surface area contributed by atoms with Gasteiger partial charge in [0, 0.05) is 13.1 Å². The molecule has 0 aromatic heterocycles. The summed E-state index contributed by atoms with van der Waals surface area (Å²) in [5, 5.41) is 3.05. The summed E-state index contributed by atoms with van der Waals surface area (Å²) in [6.45, 7) is 2.50. The van der Waals surface area contributed by atoms with Crippen LogP contribution in [0.15, 0.2) is 41.3 Å². The minimum atomic E-state index is -3.39. The molecule has 1 aromatic rings. The first-order valence-electron chi connectivity index (χ1n) is 7.17. The monoisotopic (exact) mass is 310 g/mol. The molecule has 0 radical (unpaired) electrons. The Kier molecular flexibility index (Phi) is 5.78. The topological polar surface area (TPSA) is 58.6 Å². The zero-order chi connectivity index (χ0) is 15.1. The van der Waals surface area contributed by atoms with Gasteiger partial charge in [0.2, 0.25) is 10.0 Å². The van der Waals surface area contributed by atoms with E-state index in [1.54, 1.807) is 24.3 Å². The van der Waals surface area contributed by atoms with E-state index in [0.29, 0.717) is 30.3 Å². The van der Waals surface area contributed by atoms with Gasteiger partial charge < -0.3 is 10.1 Å². The Morgan fingerprint density at radius 3 is 2.62 bits per heavy atom. The number of nitrogens with zero attached hydrogens (tertiary/aromatic N) is 1. The van der Waals surface area contributed by atoms with Gasteiger partial charge in [-0.1, -0.05) is 12.2 Å². The highest BCUT2D eigenvalue weighted by Gasteiger charge is 2.24.